The molecule has 0 aliphatic carbocycles. The van der Waals surface area contributed by atoms with Gasteiger partial charge in [0.25, 0.3) is 23.7 Å². The molecule has 12 heteroatoms. The molecule has 0 fully saturated rings. The SMILES string of the molecule is CNC(=O)C(=O)[C@H](Cc1ccc[nH]c1=O)NC(=O)[C@@H](CC(C)C)C1Oc2cc3cc(C(N)=O)[nH]c3cc2O1. The van der Waals surface area contributed by atoms with E-state index in [0.29, 0.717) is 28.8 Å². The zero-order valence-corrected chi connectivity index (χ0v) is 21.1. The zero-order chi connectivity index (χ0) is 27.6. The summed E-state index contributed by atoms with van der Waals surface area (Å²) >= 11 is 0. The molecule has 3 atom stereocenters. The van der Waals surface area contributed by atoms with Gasteiger partial charge in [0.05, 0.1) is 0 Å². The first kappa shape index (κ1) is 26.5. The van der Waals surface area contributed by atoms with Crippen LogP contribution in [0.4, 0.5) is 0 Å². The van der Waals surface area contributed by atoms with Crippen LogP contribution in [0, 0.1) is 11.8 Å². The number of fused-ring (bicyclic) bond motifs is 2. The average molecular weight is 524 g/mol. The number of Topliss-reactive ketones (excluding diaryl/α,β-unsaturated/α-hetero) is 1. The normalized spacial score (nSPS) is 15.7. The average Bonchev–Trinajstić information content (AvgIpc) is 3.48. The van der Waals surface area contributed by atoms with Crippen LogP contribution in [0.2, 0.25) is 0 Å². The lowest BCUT2D eigenvalue weighted by Gasteiger charge is -2.25. The van der Waals surface area contributed by atoms with Gasteiger partial charge in [-0.1, -0.05) is 19.9 Å². The third kappa shape index (κ3) is 5.53. The number of amides is 3. The molecule has 0 radical (unpaired) electrons. The Morgan fingerprint density at radius 1 is 1.11 bits per heavy atom. The number of hydrogen-bond donors (Lipinski definition) is 5. The van der Waals surface area contributed by atoms with Crippen molar-refractivity contribution in [2.24, 2.45) is 17.6 Å². The Morgan fingerprint density at radius 3 is 2.45 bits per heavy atom. The van der Waals surface area contributed by atoms with E-state index in [1.54, 1.807) is 24.3 Å². The van der Waals surface area contributed by atoms with Crippen LogP contribution in [-0.2, 0) is 20.8 Å². The molecule has 0 saturated carbocycles. The number of likely N-dealkylation sites (N-methyl/N-ethyl adjacent to an activating group) is 1. The van der Waals surface area contributed by atoms with E-state index < -0.39 is 47.3 Å². The summed E-state index contributed by atoms with van der Waals surface area (Å²) < 4.78 is 12.0. The van der Waals surface area contributed by atoms with E-state index >= 15 is 0 Å². The molecular formula is C26H29N5O7. The molecule has 3 aromatic rings. The Labute approximate surface area is 217 Å². The molecule has 3 heterocycles. The number of benzene rings is 1. The van der Waals surface area contributed by atoms with Crippen molar-refractivity contribution in [3.05, 3.63) is 58.1 Å². The number of ketones is 1. The number of aromatic nitrogens is 2. The molecule has 3 amide bonds. The molecule has 1 unspecified atom stereocenters. The molecule has 1 aliphatic rings. The number of ether oxygens (including phenoxy) is 2. The number of primary amides is 1. The van der Waals surface area contributed by atoms with Gasteiger partial charge < -0.3 is 35.8 Å². The van der Waals surface area contributed by atoms with Crippen molar-refractivity contribution in [1.82, 2.24) is 20.6 Å². The van der Waals surface area contributed by atoms with Crippen molar-refractivity contribution in [3.63, 3.8) is 0 Å². The predicted octanol–water partition coefficient (Wildman–Crippen LogP) is 0.757. The van der Waals surface area contributed by atoms with Crippen LogP contribution < -0.4 is 31.4 Å². The number of carbonyl (C=O) groups is 4. The fraction of sp³-hybridized carbons (Fsp3) is 0.346. The molecular weight excluding hydrogens is 494 g/mol. The molecule has 1 aliphatic heterocycles. The number of nitrogens with two attached hydrogens (primary N) is 1. The van der Waals surface area contributed by atoms with E-state index in [4.69, 9.17) is 15.2 Å². The van der Waals surface area contributed by atoms with Crippen LogP contribution >= 0.6 is 0 Å². The number of hydrogen-bond acceptors (Lipinski definition) is 7. The summed E-state index contributed by atoms with van der Waals surface area (Å²) in [6.45, 7) is 3.85. The summed E-state index contributed by atoms with van der Waals surface area (Å²) in [6.07, 6.45) is 0.606. The number of aromatic amines is 2. The predicted molar refractivity (Wildman–Crippen MR) is 137 cm³/mol. The van der Waals surface area contributed by atoms with Crippen LogP contribution in [0.15, 0.2) is 41.3 Å². The second-order valence-electron chi connectivity index (χ2n) is 9.51. The highest BCUT2D eigenvalue weighted by Gasteiger charge is 2.39. The maximum absolute atomic E-state index is 13.5. The van der Waals surface area contributed by atoms with Gasteiger partial charge in [-0.15, -0.1) is 0 Å². The van der Waals surface area contributed by atoms with Crippen LogP contribution in [0.3, 0.4) is 0 Å². The van der Waals surface area contributed by atoms with Crippen LogP contribution in [0.25, 0.3) is 10.9 Å². The van der Waals surface area contributed by atoms with E-state index in [-0.39, 0.29) is 23.6 Å². The van der Waals surface area contributed by atoms with Crippen molar-refractivity contribution in [2.75, 3.05) is 7.05 Å². The largest absolute Gasteiger partial charge is 0.450 e. The monoisotopic (exact) mass is 523 g/mol. The molecule has 38 heavy (non-hydrogen) atoms. The third-order valence-electron chi connectivity index (χ3n) is 6.23. The molecule has 12 nitrogen and oxygen atoms in total. The Balaban J connectivity index is 1.58. The number of rotatable bonds is 10. The first-order valence-electron chi connectivity index (χ1n) is 12.1. The maximum atomic E-state index is 13.5. The fourth-order valence-corrected chi connectivity index (χ4v) is 4.35. The Kier molecular flexibility index (Phi) is 7.51. The van der Waals surface area contributed by atoms with Crippen LogP contribution in [-0.4, -0.2) is 52.9 Å². The van der Waals surface area contributed by atoms with E-state index in [1.807, 2.05) is 13.8 Å². The number of carbonyl (C=O) groups excluding carboxylic acids is 4. The van der Waals surface area contributed by atoms with Gasteiger partial charge in [0, 0.05) is 42.2 Å². The minimum atomic E-state index is -1.28. The third-order valence-corrected chi connectivity index (χ3v) is 6.23. The van der Waals surface area contributed by atoms with Gasteiger partial charge >= 0.3 is 0 Å². The molecule has 0 saturated heterocycles. The van der Waals surface area contributed by atoms with Crippen molar-refractivity contribution >= 4 is 34.4 Å². The van der Waals surface area contributed by atoms with E-state index in [2.05, 4.69) is 20.6 Å². The second kappa shape index (κ2) is 10.8. The number of pyridine rings is 1. The smallest absolute Gasteiger partial charge is 0.289 e. The Hall–Kier alpha value is -4.61. The van der Waals surface area contributed by atoms with Crippen LogP contribution in [0.1, 0.15) is 36.3 Å². The topological polar surface area (TPSA) is 185 Å². The van der Waals surface area contributed by atoms with E-state index in [0.717, 1.165) is 0 Å². The number of nitrogens with one attached hydrogen (secondary N) is 4. The lowest BCUT2D eigenvalue weighted by molar-refractivity contribution is -0.142. The molecule has 1 aromatic carbocycles. The molecule has 0 spiro atoms. The summed E-state index contributed by atoms with van der Waals surface area (Å²) in [5.74, 6) is -2.99. The Bertz CT molecular complexity index is 1410. The lowest BCUT2D eigenvalue weighted by atomic mass is 9.94. The standard InChI is InChI=1S/C26H29N5O7/c1-12(2)7-15(26-37-19-10-14-9-18(22(27)33)30-16(14)11-20(19)38-26)24(35)31-17(21(32)25(36)28-3)8-13-5-4-6-29-23(13)34/h4-6,9-12,15,17,26,30H,7-8H2,1-3H3,(H2,27,33)(H,28,36)(H,29,34)(H,31,35)/t15-,17+,26?/m1/s1. The second-order valence-corrected chi connectivity index (χ2v) is 9.51. The first-order valence-corrected chi connectivity index (χ1v) is 12.1. The Morgan fingerprint density at radius 2 is 1.82 bits per heavy atom. The van der Waals surface area contributed by atoms with Gasteiger partial charge in [-0.05, 0) is 30.5 Å². The van der Waals surface area contributed by atoms with Gasteiger partial charge in [0.15, 0.2) is 11.5 Å². The molecule has 0 bridgehead atoms. The molecule has 200 valence electrons. The van der Waals surface area contributed by atoms with Crippen molar-refractivity contribution in [3.8, 4) is 11.5 Å². The quantitative estimate of drug-likeness (QED) is 0.243. The molecule has 6 N–H and O–H groups in total. The summed E-state index contributed by atoms with van der Waals surface area (Å²) in [5, 5.41) is 5.59. The van der Waals surface area contributed by atoms with Gasteiger partial charge in [-0.3, -0.25) is 24.0 Å². The minimum absolute atomic E-state index is 0.0550. The van der Waals surface area contributed by atoms with Gasteiger partial charge in [0.1, 0.15) is 17.7 Å². The van der Waals surface area contributed by atoms with Crippen molar-refractivity contribution < 1.29 is 28.7 Å². The summed E-state index contributed by atoms with van der Waals surface area (Å²) in [7, 11) is 1.31. The van der Waals surface area contributed by atoms with Crippen molar-refractivity contribution in [2.45, 2.75) is 39.0 Å². The highest BCUT2D eigenvalue weighted by Crippen LogP contribution is 2.41. The van der Waals surface area contributed by atoms with Gasteiger partial charge in [0.2, 0.25) is 11.7 Å². The van der Waals surface area contributed by atoms with E-state index in [9.17, 15) is 24.0 Å². The fourth-order valence-electron chi connectivity index (χ4n) is 4.35. The maximum Gasteiger partial charge on any atom is 0.289 e. The minimum Gasteiger partial charge on any atom is -0.450 e. The van der Waals surface area contributed by atoms with E-state index in [1.165, 1.54) is 19.3 Å². The summed E-state index contributed by atoms with van der Waals surface area (Å²) in [5.41, 5.74) is 6.00. The van der Waals surface area contributed by atoms with Gasteiger partial charge in [-0.2, -0.15) is 0 Å². The molecule has 2 aromatic heterocycles. The zero-order valence-electron chi connectivity index (χ0n) is 21.1. The lowest BCUT2D eigenvalue weighted by Crippen LogP contribution is -2.52. The van der Waals surface area contributed by atoms with Crippen LogP contribution in [0.5, 0.6) is 11.5 Å². The summed E-state index contributed by atoms with van der Waals surface area (Å²) in [4.78, 5) is 67.6. The van der Waals surface area contributed by atoms with Gasteiger partial charge in [-0.25, -0.2) is 0 Å². The first-order chi connectivity index (χ1) is 18.1. The molecule has 4 rings (SSSR count). The highest BCUT2D eigenvalue weighted by molar-refractivity contribution is 6.38. The highest BCUT2D eigenvalue weighted by atomic mass is 16.7. The van der Waals surface area contributed by atoms with Crippen molar-refractivity contribution in [1.29, 1.82) is 0 Å². The number of H-pyrrole nitrogens is 2. The summed E-state index contributed by atoms with van der Waals surface area (Å²) in [6, 6.07) is 6.75.